The summed E-state index contributed by atoms with van der Waals surface area (Å²) in [7, 11) is 0. The van der Waals surface area contributed by atoms with Crippen molar-refractivity contribution in [2.24, 2.45) is 11.8 Å². The van der Waals surface area contributed by atoms with E-state index in [0.29, 0.717) is 12.3 Å². The van der Waals surface area contributed by atoms with Crippen LogP contribution in [0.3, 0.4) is 0 Å². The quantitative estimate of drug-likeness (QED) is 0.745. The second kappa shape index (κ2) is 4.52. The number of benzene rings is 1. The highest BCUT2D eigenvalue weighted by Gasteiger charge is 2.48. The van der Waals surface area contributed by atoms with Crippen LogP contribution in [0.1, 0.15) is 31.2 Å². The molecule has 4 atom stereocenters. The molecule has 0 amide bonds. The largest absolute Gasteiger partial charge is 0.393 e. The van der Waals surface area contributed by atoms with Gasteiger partial charge in [0.15, 0.2) is 0 Å². The number of fused-ring (bicyclic) bond motifs is 1. The first-order valence-electron chi connectivity index (χ1n) is 6.84. The van der Waals surface area contributed by atoms with Crippen LogP contribution in [-0.2, 0) is 5.60 Å². The Bertz CT molecular complexity index is 440. The molecular weight excluding hydrogens is 224 g/mol. The highest BCUT2D eigenvalue weighted by atomic mass is 16.3. The third-order valence-corrected chi connectivity index (χ3v) is 4.55. The summed E-state index contributed by atoms with van der Waals surface area (Å²) >= 11 is 0. The molecule has 1 aromatic rings. The van der Waals surface area contributed by atoms with Gasteiger partial charge in [-0.1, -0.05) is 48.9 Å². The number of hydrogen-bond acceptors (Lipinski definition) is 2. The van der Waals surface area contributed by atoms with Gasteiger partial charge in [0.05, 0.1) is 11.7 Å². The molecule has 0 bridgehead atoms. The summed E-state index contributed by atoms with van der Waals surface area (Å²) in [5.41, 5.74) is 0.0332. The standard InChI is InChI=1S/C16H20O2/c17-14-10-4-6-12-7-5-11-16(18,15(12)14)13-8-2-1-3-9-13/h1-3,5,7-9,12,14-15,17-18H,4,6,10-11H2/t12-,14+,15-,16+/m0/s1. The van der Waals surface area contributed by atoms with E-state index in [1.807, 2.05) is 30.3 Å². The lowest BCUT2D eigenvalue weighted by Crippen LogP contribution is -2.49. The van der Waals surface area contributed by atoms with E-state index in [9.17, 15) is 10.2 Å². The van der Waals surface area contributed by atoms with Gasteiger partial charge in [-0.05, 0) is 30.7 Å². The van der Waals surface area contributed by atoms with Gasteiger partial charge in [0.1, 0.15) is 0 Å². The Labute approximate surface area is 108 Å². The lowest BCUT2D eigenvalue weighted by atomic mass is 9.62. The molecule has 2 aliphatic carbocycles. The summed E-state index contributed by atoms with van der Waals surface area (Å²) < 4.78 is 0. The minimum absolute atomic E-state index is 0.0568. The summed E-state index contributed by atoms with van der Waals surface area (Å²) in [6.45, 7) is 0. The number of allylic oxidation sites excluding steroid dienone is 1. The summed E-state index contributed by atoms with van der Waals surface area (Å²) in [5, 5.41) is 21.4. The van der Waals surface area contributed by atoms with Gasteiger partial charge in [-0.25, -0.2) is 0 Å². The monoisotopic (exact) mass is 244 g/mol. The van der Waals surface area contributed by atoms with Gasteiger partial charge in [-0.3, -0.25) is 0 Å². The lowest BCUT2D eigenvalue weighted by molar-refractivity contribution is -0.113. The van der Waals surface area contributed by atoms with Crippen LogP contribution in [0.2, 0.25) is 0 Å². The third-order valence-electron chi connectivity index (χ3n) is 4.55. The molecule has 0 saturated heterocycles. The molecule has 0 aliphatic heterocycles. The van der Waals surface area contributed by atoms with Crippen molar-refractivity contribution in [3.63, 3.8) is 0 Å². The summed E-state index contributed by atoms with van der Waals surface area (Å²) in [6.07, 6.45) is 7.42. The van der Waals surface area contributed by atoms with Gasteiger partial charge in [0, 0.05) is 5.92 Å². The van der Waals surface area contributed by atoms with E-state index >= 15 is 0 Å². The van der Waals surface area contributed by atoms with Crippen LogP contribution in [0.15, 0.2) is 42.5 Å². The molecule has 2 nitrogen and oxygen atoms in total. The second-order valence-corrected chi connectivity index (χ2v) is 5.61. The van der Waals surface area contributed by atoms with Crippen molar-refractivity contribution in [1.82, 2.24) is 0 Å². The highest BCUT2D eigenvalue weighted by molar-refractivity contribution is 5.28. The maximum Gasteiger partial charge on any atom is 0.0989 e. The Balaban J connectivity index is 2.02. The van der Waals surface area contributed by atoms with Crippen molar-refractivity contribution in [3.05, 3.63) is 48.0 Å². The van der Waals surface area contributed by atoms with Crippen molar-refractivity contribution < 1.29 is 10.2 Å². The number of aliphatic hydroxyl groups excluding tert-OH is 1. The van der Waals surface area contributed by atoms with Gasteiger partial charge < -0.3 is 10.2 Å². The molecule has 1 aromatic carbocycles. The Hall–Kier alpha value is -1.12. The van der Waals surface area contributed by atoms with Gasteiger partial charge in [0.2, 0.25) is 0 Å². The zero-order chi connectivity index (χ0) is 12.6. The van der Waals surface area contributed by atoms with E-state index < -0.39 is 5.60 Å². The molecule has 2 aliphatic rings. The topological polar surface area (TPSA) is 40.5 Å². The van der Waals surface area contributed by atoms with Crippen molar-refractivity contribution in [3.8, 4) is 0 Å². The second-order valence-electron chi connectivity index (χ2n) is 5.61. The molecule has 0 aromatic heterocycles. The van der Waals surface area contributed by atoms with Crippen LogP contribution in [0, 0.1) is 11.8 Å². The van der Waals surface area contributed by atoms with Crippen molar-refractivity contribution in [2.45, 2.75) is 37.4 Å². The van der Waals surface area contributed by atoms with E-state index in [4.69, 9.17) is 0 Å². The molecule has 3 rings (SSSR count). The number of rotatable bonds is 1. The number of aliphatic hydroxyl groups is 2. The minimum Gasteiger partial charge on any atom is -0.393 e. The Morgan fingerprint density at radius 3 is 2.67 bits per heavy atom. The van der Waals surface area contributed by atoms with Crippen LogP contribution in [0.5, 0.6) is 0 Å². The van der Waals surface area contributed by atoms with Gasteiger partial charge in [-0.15, -0.1) is 0 Å². The van der Waals surface area contributed by atoms with E-state index in [-0.39, 0.29) is 12.0 Å². The molecule has 18 heavy (non-hydrogen) atoms. The van der Waals surface area contributed by atoms with Crippen molar-refractivity contribution in [2.75, 3.05) is 0 Å². The van der Waals surface area contributed by atoms with E-state index in [2.05, 4.69) is 12.2 Å². The molecule has 1 fully saturated rings. The smallest absolute Gasteiger partial charge is 0.0989 e. The van der Waals surface area contributed by atoms with Crippen LogP contribution in [-0.4, -0.2) is 16.3 Å². The first-order valence-corrected chi connectivity index (χ1v) is 6.84. The fourth-order valence-electron chi connectivity index (χ4n) is 3.69. The molecule has 0 spiro atoms. The Kier molecular flexibility index (Phi) is 3.00. The van der Waals surface area contributed by atoms with Crippen molar-refractivity contribution in [1.29, 1.82) is 0 Å². The fraction of sp³-hybridized carbons (Fsp3) is 0.500. The minimum atomic E-state index is -0.902. The van der Waals surface area contributed by atoms with Crippen LogP contribution in [0.25, 0.3) is 0 Å². The summed E-state index contributed by atoms with van der Waals surface area (Å²) in [6, 6.07) is 9.81. The van der Waals surface area contributed by atoms with E-state index in [1.165, 1.54) is 0 Å². The molecule has 0 unspecified atom stereocenters. The van der Waals surface area contributed by atoms with Crippen LogP contribution >= 0.6 is 0 Å². The Morgan fingerprint density at radius 1 is 1.11 bits per heavy atom. The predicted molar refractivity (Wildman–Crippen MR) is 70.9 cm³/mol. The van der Waals surface area contributed by atoms with E-state index in [1.54, 1.807) is 0 Å². The molecule has 0 radical (unpaired) electrons. The Morgan fingerprint density at radius 2 is 1.89 bits per heavy atom. The van der Waals surface area contributed by atoms with Crippen LogP contribution < -0.4 is 0 Å². The highest BCUT2D eigenvalue weighted by Crippen LogP contribution is 2.48. The van der Waals surface area contributed by atoms with Crippen LogP contribution in [0.4, 0.5) is 0 Å². The first kappa shape index (κ1) is 11.9. The third kappa shape index (κ3) is 1.80. The summed E-state index contributed by atoms with van der Waals surface area (Å²) in [4.78, 5) is 0. The molecule has 2 heteroatoms. The molecule has 96 valence electrons. The number of hydrogen-bond donors (Lipinski definition) is 2. The predicted octanol–water partition coefficient (Wildman–Crippen LogP) is 2.61. The molecule has 2 N–H and O–H groups in total. The lowest BCUT2D eigenvalue weighted by Gasteiger charge is -2.47. The molecular formula is C16H20O2. The summed E-state index contributed by atoms with van der Waals surface area (Å²) in [5.74, 6) is 0.256. The van der Waals surface area contributed by atoms with Crippen molar-refractivity contribution >= 4 is 0 Å². The maximum absolute atomic E-state index is 11.1. The zero-order valence-corrected chi connectivity index (χ0v) is 10.5. The molecule has 1 saturated carbocycles. The van der Waals surface area contributed by atoms with E-state index in [0.717, 1.165) is 24.8 Å². The van der Waals surface area contributed by atoms with Gasteiger partial charge >= 0.3 is 0 Å². The fourth-order valence-corrected chi connectivity index (χ4v) is 3.69. The molecule has 0 heterocycles. The average Bonchev–Trinajstić information content (AvgIpc) is 2.40. The SMILES string of the molecule is O[C@@H]1CCC[C@H]2C=CC[C@@](O)(c3ccccc3)[C@H]12. The maximum atomic E-state index is 11.1. The zero-order valence-electron chi connectivity index (χ0n) is 10.5. The first-order chi connectivity index (χ1) is 8.72. The van der Waals surface area contributed by atoms with Gasteiger partial charge in [-0.2, -0.15) is 0 Å². The average molecular weight is 244 g/mol. The van der Waals surface area contributed by atoms with Gasteiger partial charge in [0.25, 0.3) is 0 Å². The normalized spacial score (nSPS) is 39.3.